The highest BCUT2D eigenvalue weighted by Gasteiger charge is 2.16. The Hall–Kier alpha value is -1.31. The van der Waals surface area contributed by atoms with Crippen LogP contribution in [-0.4, -0.2) is 50.6 Å². The van der Waals surface area contributed by atoms with Crippen molar-refractivity contribution in [1.29, 1.82) is 0 Å². The summed E-state index contributed by atoms with van der Waals surface area (Å²) in [5.41, 5.74) is 0. The largest absolute Gasteiger partial charge is 0.481 e. The van der Waals surface area contributed by atoms with Gasteiger partial charge in [0.25, 0.3) is 0 Å². The minimum absolute atomic E-state index is 0.0204. The maximum absolute atomic E-state index is 11.5. The number of carbonyl (C=O) groups excluding carboxylic acids is 1. The van der Waals surface area contributed by atoms with E-state index >= 15 is 0 Å². The van der Waals surface area contributed by atoms with Gasteiger partial charge in [0.1, 0.15) is 9.84 Å². The lowest BCUT2D eigenvalue weighted by molar-refractivity contribution is -0.138. The van der Waals surface area contributed by atoms with Crippen LogP contribution in [0.4, 0.5) is 4.79 Å². The Balaban J connectivity index is 3.98. The van der Waals surface area contributed by atoms with Crippen LogP contribution >= 0.6 is 0 Å². The lowest BCUT2D eigenvalue weighted by Gasteiger charge is -2.18. The Kier molecular flexibility index (Phi) is 9.00. The van der Waals surface area contributed by atoms with Gasteiger partial charge in [-0.15, -0.1) is 0 Å². The summed E-state index contributed by atoms with van der Waals surface area (Å²) in [6.07, 6.45) is 2.25. The van der Waals surface area contributed by atoms with Crippen LogP contribution in [0.2, 0.25) is 0 Å². The molecule has 0 bridgehead atoms. The van der Waals surface area contributed by atoms with E-state index in [4.69, 9.17) is 5.11 Å². The SMILES string of the molecule is CC(C)C[C@H](CNC(=O)NCCCS(C)(=O)=O)CC(=O)O. The quantitative estimate of drug-likeness (QED) is 0.516. The van der Waals surface area contributed by atoms with Gasteiger partial charge < -0.3 is 15.7 Å². The molecule has 0 heterocycles. The van der Waals surface area contributed by atoms with Gasteiger partial charge in [-0.25, -0.2) is 13.2 Å². The minimum atomic E-state index is -3.01. The second kappa shape index (κ2) is 9.59. The van der Waals surface area contributed by atoms with E-state index in [0.717, 1.165) is 12.7 Å². The van der Waals surface area contributed by atoms with E-state index in [-0.39, 0.29) is 24.6 Å². The highest BCUT2D eigenvalue weighted by molar-refractivity contribution is 7.90. The molecule has 2 amide bonds. The van der Waals surface area contributed by atoms with Crippen LogP contribution in [0.5, 0.6) is 0 Å². The average Bonchev–Trinajstić information content (AvgIpc) is 2.29. The monoisotopic (exact) mass is 322 g/mol. The number of carboxylic acid groups (broad SMARTS) is 1. The van der Waals surface area contributed by atoms with E-state index in [1.165, 1.54) is 0 Å². The molecule has 124 valence electrons. The molecule has 0 aromatic carbocycles. The Morgan fingerprint density at radius 2 is 1.81 bits per heavy atom. The number of carbonyl (C=O) groups is 2. The average molecular weight is 322 g/mol. The summed E-state index contributed by atoms with van der Waals surface area (Å²) in [5.74, 6) is -0.600. The fourth-order valence-corrected chi connectivity index (χ4v) is 2.66. The molecule has 0 saturated heterocycles. The van der Waals surface area contributed by atoms with Crippen LogP contribution in [0.25, 0.3) is 0 Å². The number of hydrogen-bond donors (Lipinski definition) is 3. The number of hydrogen-bond acceptors (Lipinski definition) is 4. The zero-order valence-electron chi connectivity index (χ0n) is 12.9. The summed E-state index contributed by atoms with van der Waals surface area (Å²) in [5, 5.41) is 14.0. The van der Waals surface area contributed by atoms with Crippen molar-refractivity contribution in [3.63, 3.8) is 0 Å². The number of rotatable bonds is 10. The Morgan fingerprint density at radius 3 is 2.29 bits per heavy atom. The predicted octanol–water partition coefficient (Wildman–Crippen LogP) is 0.857. The van der Waals surface area contributed by atoms with E-state index < -0.39 is 21.8 Å². The molecule has 0 aliphatic carbocycles. The standard InChI is InChI=1S/C13H26N2O5S/c1-10(2)7-11(8-12(16)17)9-15-13(18)14-5-4-6-21(3,19)20/h10-11H,4-9H2,1-3H3,(H,16,17)(H2,14,15,18)/t11-/m0/s1. The van der Waals surface area contributed by atoms with Gasteiger partial charge in [-0.05, 0) is 24.7 Å². The molecule has 0 aliphatic heterocycles. The molecule has 0 unspecified atom stereocenters. The lowest BCUT2D eigenvalue weighted by Crippen LogP contribution is -2.39. The van der Waals surface area contributed by atoms with Crippen molar-refractivity contribution in [3.8, 4) is 0 Å². The second-order valence-electron chi connectivity index (χ2n) is 5.71. The van der Waals surface area contributed by atoms with Gasteiger partial charge in [0, 0.05) is 25.8 Å². The number of aliphatic carboxylic acids is 1. The fourth-order valence-electron chi connectivity index (χ4n) is 1.99. The van der Waals surface area contributed by atoms with Crippen molar-refractivity contribution in [2.45, 2.75) is 33.1 Å². The molecule has 8 heteroatoms. The van der Waals surface area contributed by atoms with Crippen LogP contribution < -0.4 is 10.6 Å². The van der Waals surface area contributed by atoms with Crippen LogP contribution in [0.15, 0.2) is 0 Å². The first-order valence-electron chi connectivity index (χ1n) is 7.01. The zero-order valence-corrected chi connectivity index (χ0v) is 13.7. The van der Waals surface area contributed by atoms with Gasteiger partial charge in [0.05, 0.1) is 5.75 Å². The summed E-state index contributed by atoms with van der Waals surface area (Å²) >= 11 is 0. The zero-order chi connectivity index (χ0) is 16.5. The Bertz CT molecular complexity index is 434. The topological polar surface area (TPSA) is 113 Å². The summed E-state index contributed by atoms with van der Waals surface area (Å²) in [6, 6.07) is -0.400. The molecule has 3 N–H and O–H groups in total. The second-order valence-corrected chi connectivity index (χ2v) is 7.97. The first-order chi connectivity index (χ1) is 9.60. The molecule has 7 nitrogen and oxygen atoms in total. The lowest BCUT2D eigenvalue weighted by atomic mass is 9.94. The van der Waals surface area contributed by atoms with Crippen molar-refractivity contribution in [3.05, 3.63) is 0 Å². The van der Waals surface area contributed by atoms with Gasteiger partial charge in [0.2, 0.25) is 0 Å². The summed E-state index contributed by atoms with van der Waals surface area (Å²) < 4.78 is 21.8. The third kappa shape index (κ3) is 13.4. The van der Waals surface area contributed by atoms with Gasteiger partial charge in [0.15, 0.2) is 0 Å². The molecule has 1 atom stereocenters. The van der Waals surface area contributed by atoms with Crippen molar-refractivity contribution in [2.75, 3.05) is 25.1 Å². The van der Waals surface area contributed by atoms with E-state index in [1.54, 1.807) is 0 Å². The molecule has 0 aliphatic rings. The molecular formula is C13H26N2O5S. The molecule has 0 saturated carbocycles. The predicted molar refractivity (Wildman–Crippen MR) is 80.9 cm³/mol. The first-order valence-corrected chi connectivity index (χ1v) is 9.07. The Morgan fingerprint density at radius 1 is 1.19 bits per heavy atom. The summed E-state index contributed by atoms with van der Waals surface area (Å²) in [6.45, 7) is 4.56. The van der Waals surface area contributed by atoms with Crippen LogP contribution in [-0.2, 0) is 14.6 Å². The molecule has 0 spiro atoms. The Labute approximate surface area is 126 Å². The molecule has 0 fully saturated rings. The molecule has 0 aromatic heterocycles. The highest BCUT2D eigenvalue weighted by Crippen LogP contribution is 2.14. The van der Waals surface area contributed by atoms with Crippen molar-refractivity contribution in [1.82, 2.24) is 10.6 Å². The van der Waals surface area contributed by atoms with E-state index in [9.17, 15) is 18.0 Å². The van der Waals surface area contributed by atoms with E-state index in [0.29, 0.717) is 18.9 Å². The van der Waals surface area contributed by atoms with Crippen molar-refractivity contribution in [2.24, 2.45) is 11.8 Å². The third-order valence-electron chi connectivity index (χ3n) is 2.80. The number of carboxylic acids is 1. The number of sulfone groups is 1. The van der Waals surface area contributed by atoms with E-state index in [1.807, 2.05) is 13.8 Å². The maximum Gasteiger partial charge on any atom is 0.314 e. The third-order valence-corrected chi connectivity index (χ3v) is 3.83. The van der Waals surface area contributed by atoms with Gasteiger partial charge in [-0.1, -0.05) is 13.8 Å². The van der Waals surface area contributed by atoms with Crippen molar-refractivity contribution < 1.29 is 23.1 Å². The molecule has 0 radical (unpaired) electrons. The maximum atomic E-state index is 11.5. The van der Waals surface area contributed by atoms with Crippen LogP contribution in [0, 0.1) is 11.8 Å². The first kappa shape index (κ1) is 19.7. The highest BCUT2D eigenvalue weighted by atomic mass is 32.2. The number of urea groups is 1. The summed E-state index contributed by atoms with van der Waals surface area (Å²) in [4.78, 5) is 22.3. The number of nitrogens with one attached hydrogen (secondary N) is 2. The van der Waals surface area contributed by atoms with Gasteiger partial charge in [-0.3, -0.25) is 4.79 Å². The fraction of sp³-hybridized carbons (Fsp3) is 0.846. The van der Waals surface area contributed by atoms with E-state index in [2.05, 4.69) is 10.6 Å². The van der Waals surface area contributed by atoms with Crippen molar-refractivity contribution >= 4 is 21.8 Å². The molecule has 0 aromatic rings. The summed E-state index contributed by atoms with van der Waals surface area (Å²) in [7, 11) is -3.01. The number of amides is 2. The minimum Gasteiger partial charge on any atom is -0.481 e. The smallest absolute Gasteiger partial charge is 0.314 e. The molecule has 0 rings (SSSR count). The van der Waals surface area contributed by atoms with Gasteiger partial charge >= 0.3 is 12.0 Å². The van der Waals surface area contributed by atoms with Gasteiger partial charge in [-0.2, -0.15) is 0 Å². The molecular weight excluding hydrogens is 296 g/mol. The molecule has 21 heavy (non-hydrogen) atoms. The van der Waals surface area contributed by atoms with Crippen LogP contribution in [0.3, 0.4) is 0 Å². The van der Waals surface area contributed by atoms with Crippen LogP contribution in [0.1, 0.15) is 33.1 Å². The normalized spacial score (nSPS) is 13.0.